The first kappa shape index (κ1) is 54.1. The Morgan fingerprint density at radius 2 is 1.14 bits per heavy atom. The quantitative estimate of drug-likeness (QED) is 0.196. The largest absolute Gasteiger partial charge is 0.462 e. The van der Waals surface area contributed by atoms with Gasteiger partial charge in [-0.2, -0.15) is 25.3 Å². The van der Waals surface area contributed by atoms with E-state index in [1.54, 1.807) is 0 Å². The van der Waals surface area contributed by atoms with Crippen LogP contribution in [-0.4, -0.2) is 122 Å². The van der Waals surface area contributed by atoms with Crippen LogP contribution in [0, 0.1) is 29.6 Å². The lowest BCUT2D eigenvalue weighted by molar-refractivity contribution is -0.151. The number of fused-ring (bicyclic) bond motifs is 6. The second kappa shape index (κ2) is 24.0. The lowest BCUT2D eigenvalue weighted by Crippen LogP contribution is -2.30. The second-order valence-corrected chi connectivity index (χ2v) is 21.8. The SMILES string of the molecule is CC.CC.CC.CC.CC.O=C1CC2OC3OCOC3C2O1.O=C1OC2CC3CC(C2)CC1C3.O=S1(=O)CCCO1.O=S1(=O)OC2CC3CC1C2O3.O=S1(=O)OC2CC3CC2C1C3. The summed E-state index contributed by atoms with van der Waals surface area (Å²) in [6.07, 6.45) is 10.5. The van der Waals surface area contributed by atoms with Gasteiger partial charge in [0.25, 0.3) is 30.4 Å². The van der Waals surface area contributed by atoms with Crippen LogP contribution in [0.1, 0.15) is 146 Å². The molecule has 0 N–H and O–H groups in total. The van der Waals surface area contributed by atoms with E-state index in [0.717, 1.165) is 63.2 Å². The highest BCUT2D eigenvalue weighted by Gasteiger charge is 2.61. The Bertz CT molecular complexity index is 1700. The van der Waals surface area contributed by atoms with Gasteiger partial charge in [-0.1, -0.05) is 69.2 Å². The predicted molar refractivity (Wildman–Crippen MR) is 232 cm³/mol. The van der Waals surface area contributed by atoms with Gasteiger partial charge in [0.2, 0.25) is 0 Å². The first-order valence-corrected chi connectivity index (χ1v) is 28.4. The fourth-order valence-corrected chi connectivity index (χ4v) is 15.4. The fraction of sp³-hybridized carbons (Fsp3) is 0.953. The summed E-state index contributed by atoms with van der Waals surface area (Å²) in [5.41, 5.74) is 0. The van der Waals surface area contributed by atoms with Crippen molar-refractivity contribution in [3.05, 3.63) is 0 Å². The fourth-order valence-electron chi connectivity index (χ4n) is 10.8. The van der Waals surface area contributed by atoms with Crippen molar-refractivity contribution in [2.75, 3.05) is 19.2 Å². The van der Waals surface area contributed by atoms with Gasteiger partial charge in [-0.3, -0.25) is 22.1 Å². The Hall–Kier alpha value is -1.49. The van der Waals surface area contributed by atoms with E-state index in [0.29, 0.717) is 37.7 Å². The monoisotopic (exact) mass is 960 g/mol. The van der Waals surface area contributed by atoms with Crippen LogP contribution in [0.4, 0.5) is 0 Å². The predicted octanol–water partition coefficient (Wildman–Crippen LogP) is 6.16. The molecule has 10 saturated heterocycles. The summed E-state index contributed by atoms with van der Waals surface area (Å²) in [7, 11) is -9.43. The highest BCUT2D eigenvalue weighted by molar-refractivity contribution is 7.88. The molecule has 10 heterocycles. The molecule has 14 unspecified atom stereocenters. The number of hydrogen-bond acceptors (Lipinski definition) is 17. The number of ether oxygens (including phenoxy) is 6. The van der Waals surface area contributed by atoms with Gasteiger partial charge in [0.1, 0.15) is 29.7 Å². The summed E-state index contributed by atoms with van der Waals surface area (Å²) in [4.78, 5) is 22.3. The lowest BCUT2D eigenvalue weighted by Gasteiger charge is -2.35. The van der Waals surface area contributed by atoms with Crippen molar-refractivity contribution in [2.45, 2.75) is 212 Å². The molecule has 0 aromatic rings. The summed E-state index contributed by atoms with van der Waals surface area (Å²) in [5, 5.41) is -0.488. The molecule has 14 aliphatic rings. The molecular formula is C43H76O17S3. The third kappa shape index (κ3) is 12.7. The van der Waals surface area contributed by atoms with E-state index in [9.17, 15) is 34.8 Å². The molecule has 0 amide bonds. The molecule has 20 heteroatoms. The van der Waals surface area contributed by atoms with Crippen LogP contribution in [0.25, 0.3) is 0 Å². The first-order valence-electron chi connectivity index (χ1n) is 23.8. The smallest absolute Gasteiger partial charge is 0.309 e. The van der Waals surface area contributed by atoms with Crippen LogP contribution in [0.5, 0.6) is 0 Å². The van der Waals surface area contributed by atoms with Gasteiger partial charge in [-0.15, -0.1) is 0 Å². The zero-order chi connectivity index (χ0) is 46.9. The normalized spacial score (nSPS) is 42.8. The highest BCUT2D eigenvalue weighted by Crippen LogP contribution is 2.54. The van der Waals surface area contributed by atoms with Crippen molar-refractivity contribution >= 4 is 42.3 Å². The average molecular weight is 961 g/mol. The number of hydrogen-bond donors (Lipinski definition) is 0. The zero-order valence-corrected chi connectivity index (χ0v) is 41.5. The molecule has 0 radical (unpaired) electrons. The van der Waals surface area contributed by atoms with Crippen LogP contribution in [0.2, 0.25) is 0 Å². The first-order chi connectivity index (χ1) is 30.2. The average Bonchev–Trinajstić information content (AvgIpc) is 4.15. The van der Waals surface area contributed by atoms with Crippen molar-refractivity contribution < 1.29 is 75.8 Å². The molecule has 17 nitrogen and oxygen atoms in total. The molecule has 4 aliphatic carbocycles. The highest BCUT2D eigenvalue weighted by atomic mass is 32.2. The molecule has 14 fully saturated rings. The molecule has 4 saturated carbocycles. The van der Waals surface area contributed by atoms with Crippen molar-refractivity contribution in [3.8, 4) is 0 Å². The number of carbonyl (C=O) groups excluding carboxylic acids is 2. The van der Waals surface area contributed by atoms with E-state index in [1.165, 1.54) is 6.42 Å². The Balaban J connectivity index is 0.000000166. The molecule has 14 rings (SSSR count). The Labute approximate surface area is 377 Å². The van der Waals surface area contributed by atoms with Gasteiger partial charge >= 0.3 is 11.9 Å². The number of carbonyl (C=O) groups is 2. The third-order valence-electron chi connectivity index (χ3n) is 12.9. The summed E-state index contributed by atoms with van der Waals surface area (Å²) < 4.78 is 111. The van der Waals surface area contributed by atoms with Gasteiger partial charge in [0.15, 0.2) is 25.3 Å². The Morgan fingerprint density at radius 3 is 1.65 bits per heavy atom. The topological polar surface area (TPSA) is 220 Å². The molecule has 8 bridgehead atoms. The number of rotatable bonds is 0. The van der Waals surface area contributed by atoms with E-state index < -0.39 is 30.4 Å². The van der Waals surface area contributed by atoms with E-state index in [4.69, 9.17) is 36.8 Å². The summed E-state index contributed by atoms with van der Waals surface area (Å²) >= 11 is 0. The Kier molecular flexibility index (Phi) is 20.6. The minimum absolute atomic E-state index is 0.0590. The van der Waals surface area contributed by atoms with Crippen molar-refractivity contribution in [2.24, 2.45) is 29.6 Å². The summed E-state index contributed by atoms with van der Waals surface area (Å²) in [6.45, 7) is 20.6. The Morgan fingerprint density at radius 1 is 0.524 bits per heavy atom. The van der Waals surface area contributed by atoms with Crippen LogP contribution in [0.3, 0.4) is 0 Å². The van der Waals surface area contributed by atoms with Crippen molar-refractivity contribution in [1.82, 2.24) is 0 Å². The summed E-state index contributed by atoms with van der Waals surface area (Å²) in [5.74, 6) is 2.97. The molecule has 0 aromatic heterocycles. The van der Waals surface area contributed by atoms with E-state index in [1.807, 2.05) is 69.2 Å². The second-order valence-electron chi connectivity index (χ2n) is 16.5. The minimum Gasteiger partial charge on any atom is -0.462 e. The third-order valence-corrected chi connectivity index (χ3v) is 17.8. The van der Waals surface area contributed by atoms with E-state index in [-0.39, 0.29) is 96.0 Å². The maximum atomic E-state index is 11.4. The maximum Gasteiger partial charge on any atom is 0.309 e. The summed E-state index contributed by atoms with van der Waals surface area (Å²) in [6, 6.07) is 0. The molecule has 10 aliphatic heterocycles. The molecule has 14 atom stereocenters. The molecule has 368 valence electrons. The van der Waals surface area contributed by atoms with E-state index >= 15 is 0 Å². The van der Waals surface area contributed by atoms with E-state index in [2.05, 4.69) is 4.18 Å². The molecule has 63 heavy (non-hydrogen) atoms. The van der Waals surface area contributed by atoms with Gasteiger partial charge in [-0.05, 0) is 82.0 Å². The van der Waals surface area contributed by atoms with Gasteiger partial charge in [0, 0.05) is 12.3 Å². The molecular weight excluding hydrogens is 885 g/mol. The van der Waals surface area contributed by atoms with Crippen molar-refractivity contribution in [3.63, 3.8) is 0 Å². The van der Waals surface area contributed by atoms with Crippen LogP contribution in [-0.2, 0) is 80.9 Å². The lowest BCUT2D eigenvalue weighted by atomic mass is 9.68. The zero-order valence-electron chi connectivity index (χ0n) is 39.0. The minimum atomic E-state index is -3.26. The number of esters is 2. The van der Waals surface area contributed by atoms with Gasteiger partial charge in [-0.25, -0.2) is 0 Å². The molecule has 0 aromatic carbocycles. The van der Waals surface area contributed by atoms with Crippen LogP contribution < -0.4 is 0 Å². The van der Waals surface area contributed by atoms with Crippen LogP contribution in [0.15, 0.2) is 0 Å². The standard InChI is InChI=1S/C10H14O2.C7H8O5.C7H10O3S.C6H8O4S.C3H6O3S.5C2H6/c11-10-8-2-6-1-7(3-8)5-9(4-6)12-10;8-4-1-3-5(12-4)6-7(11-3)10-2-9-6;8-11(9)7-3-4-1-5(7)6(2-4)10-11;7-11(8)5-2-3-1-4(10-11)6(5)9-3;4-7(5)3-1-2-6-7;5*1-2/h6-9H,1-5H2;3,5-7H,1-2H2;4-7H,1-3H2;3-6H,1-2H2;1-3H2;5*1-2H3. The maximum absolute atomic E-state index is 11.4. The van der Waals surface area contributed by atoms with Crippen molar-refractivity contribution in [1.29, 1.82) is 0 Å². The molecule has 0 spiro atoms. The van der Waals surface area contributed by atoms with Gasteiger partial charge in [0.05, 0.1) is 42.2 Å². The van der Waals surface area contributed by atoms with Crippen LogP contribution >= 0.6 is 0 Å². The van der Waals surface area contributed by atoms with Gasteiger partial charge < -0.3 is 28.4 Å².